The second kappa shape index (κ2) is 6.19. The number of nitrogens with two attached hydrogens (primary N) is 1. The molecule has 1 atom stereocenters. The number of aromatic nitrogens is 2. The van der Waals surface area contributed by atoms with Crippen molar-refractivity contribution >= 4 is 11.6 Å². The fraction of sp³-hybridized carbons (Fsp3) is 0.714. The van der Waals surface area contributed by atoms with Gasteiger partial charge in [0.25, 0.3) is 0 Å². The van der Waals surface area contributed by atoms with E-state index in [4.69, 9.17) is 5.84 Å². The molecule has 0 bridgehead atoms. The molecule has 1 rings (SSSR count). The number of nitrogens with one attached hydrogen (secondary N) is 2. The molecule has 0 spiro atoms. The summed E-state index contributed by atoms with van der Waals surface area (Å²) in [5.41, 5.74) is 2.49. The van der Waals surface area contributed by atoms with Crippen LogP contribution in [-0.4, -0.2) is 16.5 Å². The molecule has 1 unspecified atom stereocenters. The lowest BCUT2D eigenvalue weighted by atomic mass is 9.95. The van der Waals surface area contributed by atoms with E-state index in [1.54, 1.807) is 0 Å². The smallest absolute Gasteiger partial charge is 0.145 e. The van der Waals surface area contributed by atoms with Gasteiger partial charge in [0.1, 0.15) is 17.5 Å². The maximum atomic E-state index is 5.47. The highest BCUT2D eigenvalue weighted by Crippen LogP contribution is 2.22. The molecule has 19 heavy (non-hydrogen) atoms. The van der Waals surface area contributed by atoms with Crippen LogP contribution in [0.4, 0.5) is 11.6 Å². The molecular weight excluding hydrogens is 238 g/mol. The first-order chi connectivity index (χ1) is 8.74. The van der Waals surface area contributed by atoms with Gasteiger partial charge in [0.15, 0.2) is 0 Å². The summed E-state index contributed by atoms with van der Waals surface area (Å²) in [5, 5.41) is 3.37. The van der Waals surface area contributed by atoms with Gasteiger partial charge in [-0.25, -0.2) is 15.8 Å². The highest BCUT2D eigenvalue weighted by atomic mass is 15.3. The minimum atomic E-state index is -0.104. The van der Waals surface area contributed by atoms with Gasteiger partial charge in [0.2, 0.25) is 0 Å². The summed E-state index contributed by atoms with van der Waals surface area (Å²) < 4.78 is 0. The van der Waals surface area contributed by atoms with E-state index in [1.807, 2.05) is 6.07 Å². The molecule has 0 aromatic carbocycles. The quantitative estimate of drug-likeness (QED) is 0.564. The van der Waals surface area contributed by atoms with Crippen LogP contribution in [0.3, 0.4) is 0 Å². The second-order valence-corrected chi connectivity index (χ2v) is 6.46. The Bertz CT molecular complexity index is 409. The van der Waals surface area contributed by atoms with E-state index >= 15 is 0 Å². The molecule has 0 fully saturated rings. The standard InChI is InChI=1S/C14H27N5/c1-9(2)10(3)8-16-11-7-12(19-15)18-13(17-11)14(4,5)6/h7,9-10H,8,15H2,1-6H3,(H2,16,17,18,19). The van der Waals surface area contributed by atoms with Gasteiger partial charge in [0.05, 0.1) is 0 Å². The van der Waals surface area contributed by atoms with Crippen molar-refractivity contribution in [3.63, 3.8) is 0 Å². The number of anilines is 2. The van der Waals surface area contributed by atoms with Gasteiger partial charge in [-0.2, -0.15) is 0 Å². The third-order valence-corrected chi connectivity index (χ3v) is 3.29. The molecule has 0 amide bonds. The Morgan fingerprint density at radius 1 is 1.16 bits per heavy atom. The Labute approximate surface area is 116 Å². The normalized spacial score (nSPS) is 13.5. The van der Waals surface area contributed by atoms with Crippen LogP contribution in [0.5, 0.6) is 0 Å². The van der Waals surface area contributed by atoms with E-state index in [2.05, 4.69) is 62.3 Å². The zero-order valence-corrected chi connectivity index (χ0v) is 12.9. The van der Waals surface area contributed by atoms with E-state index in [1.165, 1.54) is 0 Å². The first kappa shape index (κ1) is 15.7. The van der Waals surface area contributed by atoms with Crippen molar-refractivity contribution in [1.29, 1.82) is 0 Å². The van der Waals surface area contributed by atoms with Crippen molar-refractivity contribution in [3.8, 4) is 0 Å². The molecular formula is C14H27N5. The van der Waals surface area contributed by atoms with E-state index in [0.29, 0.717) is 17.7 Å². The number of hydrazine groups is 1. The summed E-state index contributed by atoms with van der Waals surface area (Å²) in [5.74, 6) is 8.93. The first-order valence-corrected chi connectivity index (χ1v) is 6.84. The molecule has 0 aliphatic carbocycles. The summed E-state index contributed by atoms with van der Waals surface area (Å²) in [6, 6.07) is 1.84. The molecule has 0 aliphatic heterocycles. The molecule has 0 aliphatic rings. The van der Waals surface area contributed by atoms with E-state index < -0.39 is 0 Å². The lowest BCUT2D eigenvalue weighted by molar-refractivity contribution is 0.439. The van der Waals surface area contributed by atoms with Crippen LogP contribution in [0, 0.1) is 11.8 Å². The van der Waals surface area contributed by atoms with E-state index in [9.17, 15) is 0 Å². The zero-order chi connectivity index (χ0) is 14.6. The van der Waals surface area contributed by atoms with Crippen LogP contribution in [0.25, 0.3) is 0 Å². The maximum Gasteiger partial charge on any atom is 0.145 e. The molecule has 5 heteroatoms. The van der Waals surface area contributed by atoms with Crippen molar-refractivity contribution in [2.75, 3.05) is 17.3 Å². The zero-order valence-electron chi connectivity index (χ0n) is 12.9. The lowest BCUT2D eigenvalue weighted by Gasteiger charge is -2.20. The molecule has 108 valence electrons. The van der Waals surface area contributed by atoms with Gasteiger partial charge in [-0.1, -0.05) is 41.5 Å². The summed E-state index contributed by atoms with van der Waals surface area (Å²) >= 11 is 0. The van der Waals surface area contributed by atoms with Gasteiger partial charge < -0.3 is 10.7 Å². The molecule has 0 saturated carbocycles. The van der Waals surface area contributed by atoms with Gasteiger partial charge in [-0.3, -0.25) is 0 Å². The molecule has 4 N–H and O–H groups in total. The van der Waals surface area contributed by atoms with Crippen LogP contribution in [-0.2, 0) is 5.41 Å². The average Bonchev–Trinajstić information content (AvgIpc) is 2.34. The largest absolute Gasteiger partial charge is 0.370 e. The summed E-state index contributed by atoms with van der Waals surface area (Å²) in [4.78, 5) is 8.96. The van der Waals surface area contributed by atoms with Gasteiger partial charge in [-0.15, -0.1) is 0 Å². The summed E-state index contributed by atoms with van der Waals surface area (Å²) in [6.07, 6.45) is 0. The molecule has 1 aromatic heterocycles. The Morgan fingerprint density at radius 3 is 2.21 bits per heavy atom. The van der Waals surface area contributed by atoms with Crippen LogP contribution in [0.2, 0.25) is 0 Å². The number of nitrogen functional groups attached to an aromatic ring is 1. The number of hydrogen-bond acceptors (Lipinski definition) is 5. The van der Waals surface area contributed by atoms with Crippen molar-refractivity contribution < 1.29 is 0 Å². The van der Waals surface area contributed by atoms with Crippen LogP contribution < -0.4 is 16.6 Å². The summed E-state index contributed by atoms with van der Waals surface area (Å²) in [6.45, 7) is 13.8. The molecule has 0 radical (unpaired) electrons. The van der Waals surface area contributed by atoms with Crippen molar-refractivity contribution in [2.24, 2.45) is 17.7 Å². The van der Waals surface area contributed by atoms with Crippen molar-refractivity contribution in [2.45, 2.75) is 47.0 Å². The highest BCUT2D eigenvalue weighted by molar-refractivity contribution is 5.47. The number of hydrogen-bond donors (Lipinski definition) is 3. The van der Waals surface area contributed by atoms with Crippen LogP contribution in [0.1, 0.15) is 47.4 Å². The molecule has 1 heterocycles. The van der Waals surface area contributed by atoms with Crippen LogP contribution >= 0.6 is 0 Å². The Morgan fingerprint density at radius 2 is 1.74 bits per heavy atom. The predicted molar refractivity (Wildman–Crippen MR) is 81.0 cm³/mol. The first-order valence-electron chi connectivity index (χ1n) is 6.84. The van der Waals surface area contributed by atoms with Gasteiger partial charge in [0, 0.05) is 18.0 Å². The number of rotatable bonds is 5. The Balaban J connectivity index is 2.89. The molecule has 0 saturated heterocycles. The fourth-order valence-electron chi connectivity index (χ4n) is 1.45. The monoisotopic (exact) mass is 265 g/mol. The second-order valence-electron chi connectivity index (χ2n) is 6.46. The number of nitrogens with zero attached hydrogens (tertiary/aromatic N) is 2. The highest BCUT2D eigenvalue weighted by Gasteiger charge is 2.19. The van der Waals surface area contributed by atoms with Crippen LogP contribution in [0.15, 0.2) is 6.07 Å². The molecule has 5 nitrogen and oxygen atoms in total. The maximum absolute atomic E-state index is 5.47. The minimum absolute atomic E-state index is 0.104. The van der Waals surface area contributed by atoms with Gasteiger partial charge >= 0.3 is 0 Å². The van der Waals surface area contributed by atoms with Crippen molar-refractivity contribution in [1.82, 2.24) is 9.97 Å². The third-order valence-electron chi connectivity index (χ3n) is 3.29. The third kappa shape index (κ3) is 4.67. The topological polar surface area (TPSA) is 75.9 Å². The predicted octanol–water partition coefficient (Wildman–Crippen LogP) is 2.76. The minimum Gasteiger partial charge on any atom is -0.370 e. The van der Waals surface area contributed by atoms with Gasteiger partial charge in [-0.05, 0) is 11.8 Å². The van der Waals surface area contributed by atoms with E-state index in [-0.39, 0.29) is 5.41 Å². The van der Waals surface area contributed by atoms with E-state index in [0.717, 1.165) is 18.2 Å². The SMILES string of the molecule is CC(C)C(C)CNc1cc(NN)nc(C(C)(C)C)n1. The average molecular weight is 265 g/mol. The fourth-order valence-corrected chi connectivity index (χ4v) is 1.45. The van der Waals surface area contributed by atoms with Crippen molar-refractivity contribution in [3.05, 3.63) is 11.9 Å². The summed E-state index contributed by atoms with van der Waals surface area (Å²) in [7, 11) is 0. The molecule has 1 aromatic rings. The Hall–Kier alpha value is -1.36. The lowest BCUT2D eigenvalue weighted by Crippen LogP contribution is -2.22. The Kier molecular flexibility index (Phi) is 5.11.